The third-order valence-electron chi connectivity index (χ3n) is 7.93. The zero-order chi connectivity index (χ0) is 20.2. The molecule has 29 heavy (non-hydrogen) atoms. The average Bonchev–Trinajstić information content (AvgIpc) is 2.73. The van der Waals surface area contributed by atoms with Crippen molar-refractivity contribution in [2.45, 2.75) is 77.6 Å². The minimum absolute atomic E-state index is 0.119. The lowest BCUT2D eigenvalue weighted by Crippen LogP contribution is -2.34. The van der Waals surface area contributed by atoms with E-state index in [9.17, 15) is 8.78 Å². The molecule has 4 rings (SSSR count). The van der Waals surface area contributed by atoms with Crippen molar-refractivity contribution in [2.24, 2.45) is 29.6 Å². The molecule has 2 saturated carbocycles. The van der Waals surface area contributed by atoms with Gasteiger partial charge >= 0.3 is 0 Å². The molecule has 0 radical (unpaired) electrons. The van der Waals surface area contributed by atoms with Crippen LogP contribution in [-0.2, 0) is 12.8 Å². The van der Waals surface area contributed by atoms with Crippen molar-refractivity contribution in [3.8, 4) is 5.75 Å². The molecule has 3 aliphatic rings. The second-order valence-corrected chi connectivity index (χ2v) is 9.76. The fourth-order valence-corrected chi connectivity index (χ4v) is 6.31. The van der Waals surface area contributed by atoms with E-state index in [0.717, 1.165) is 55.8 Å². The van der Waals surface area contributed by atoms with Crippen LogP contribution in [-0.4, -0.2) is 6.61 Å². The molecule has 2 fully saturated rings. The first-order valence-electron chi connectivity index (χ1n) is 11.9. The average molecular weight is 403 g/mol. The molecule has 0 bridgehead atoms. The Morgan fingerprint density at radius 1 is 0.966 bits per heavy atom. The molecule has 0 amide bonds. The highest BCUT2D eigenvalue weighted by molar-refractivity contribution is 5.37. The molecule has 3 heteroatoms. The summed E-state index contributed by atoms with van der Waals surface area (Å²) < 4.78 is 31.1. The zero-order valence-electron chi connectivity index (χ0n) is 17.8. The molecule has 0 heterocycles. The Bertz CT molecular complexity index is 709. The maximum atomic E-state index is 12.6. The van der Waals surface area contributed by atoms with Gasteiger partial charge in [0, 0.05) is 0 Å². The van der Waals surface area contributed by atoms with Crippen LogP contribution < -0.4 is 4.74 Å². The van der Waals surface area contributed by atoms with Gasteiger partial charge in [-0.1, -0.05) is 19.4 Å². The van der Waals surface area contributed by atoms with Gasteiger partial charge in [0.15, 0.2) is 0 Å². The maximum absolute atomic E-state index is 12.6. The summed E-state index contributed by atoms with van der Waals surface area (Å²) in [5.74, 6) is 4.24. The molecule has 160 valence electrons. The van der Waals surface area contributed by atoms with E-state index in [1.54, 1.807) is 0 Å². The number of ether oxygens (including phenoxy) is 1. The van der Waals surface area contributed by atoms with Gasteiger partial charge in [0.25, 0.3) is 6.08 Å². The van der Waals surface area contributed by atoms with Crippen LogP contribution in [0.1, 0.15) is 75.8 Å². The quantitative estimate of drug-likeness (QED) is 0.446. The highest BCUT2D eigenvalue weighted by atomic mass is 19.3. The zero-order valence-corrected chi connectivity index (χ0v) is 17.8. The summed E-state index contributed by atoms with van der Waals surface area (Å²) >= 11 is 0. The van der Waals surface area contributed by atoms with Gasteiger partial charge in [-0.05, 0) is 123 Å². The van der Waals surface area contributed by atoms with E-state index in [1.165, 1.54) is 62.1 Å². The Hall–Kier alpha value is -1.38. The first-order valence-corrected chi connectivity index (χ1v) is 11.9. The summed E-state index contributed by atoms with van der Waals surface area (Å²) in [6.07, 6.45) is 12.7. The van der Waals surface area contributed by atoms with E-state index in [-0.39, 0.29) is 5.92 Å². The third-order valence-corrected chi connectivity index (χ3v) is 7.93. The lowest BCUT2D eigenvalue weighted by molar-refractivity contribution is 0.0802. The van der Waals surface area contributed by atoms with Crippen molar-refractivity contribution < 1.29 is 13.5 Å². The van der Waals surface area contributed by atoms with E-state index in [1.807, 2.05) is 0 Å². The second-order valence-electron chi connectivity index (χ2n) is 9.76. The van der Waals surface area contributed by atoms with Crippen molar-refractivity contribution in [3.05, 3.63) is 41.5 Å². The Morgan fingerprint density at radius 2 is 1.72 bits per heavy atom. The summed E-state index contributed by atoms with van der Waals surface area (Å²) in [5.41, 5.74) is 3.02. The van der Waals surface area contributed by atoms with Crippen LogP contribution in [0.2, 0.25) is 0 Å². The maximum Gasteiger partial charge on any atom is 0.266 e. The molecule has 0 aromatic heterocycles. The van der Waals surface area contributed by atoms with Gasteiger partial charge in [0.1, 0.15) is 5.75 Å². The van der Waals surface area contributed by atoms with Gasteiger partial charge in [-0.3, -0.25) is 0 Å². The predicted molar refractivity (Wildman–Crippen MR) is 114 cm³/mol. The highest BCUT2D eigenvalue weighted by Gasteiger charge is 2.38. The number of hydrogen-bond donors (Lipinski definition) is 0. The van der Waals surface area contributed by atoms with Crippen LogP contribution in [0.5, 0.6) is 5.75 Å². The lowest BCUT2D eigenvalue weighted by Gasteiger charge is -2.44. The van der Waals surface area contributed by atoms with Crippen LogP contribution in [0.15, 0.2) is 30.4 Å². The number of rotatable bonds is 6. The fourth-order valence-electron chi connectivity index (χ4n) is 6.31. The SMILES string of the molecule is CCCCOc1ccc2c(c1)CCC(C1CCC3CC(C=C(F)F)CCC3C1)C2. The molecular weight excluding hydrogens is 366 g/mol. The predicted octanol–water partition coefficient (Wildman–Crippen LogP) is 7.58. The summed E-state index contributed by atoms with van der Waals surface area (Å²) in [5, 5.41) is 0. The molecule has 1 aromatic carbocycles. The number of fused-ring (bicyclic) bond motifs is 2. The summed E-state index contributed by atoms with van der Waals surface area (Å²) in [7, 11) is 0. The summed E-state index contributed by atoms with van der Waals surface area (Å²) in [6.45, 7) is 3.01. The standard InChI is InChI=1S/C26H36F2O/c1-2-3-12-29-25-11-10-23-16-22(8-9-24(23)17-25)21-7-6-19-13-18(14-26(27)28)4-5-20(19)15-21/h10-11,14,17-22H,2-9,12-13,15-16H2,1H3. The monoisotopic (exact) mass is 402 g/mol. The topological polar surface area (TPSA) is 9.23 Å². The first kappa shape index (κ1) is 20.9. The lowest BCUT2D eigenvalue weighted by atomic mass is 9.61. The van der Waals surface area contributed by atoms with Crippen molar-refractivity contribution in [1.29, 1.82) is 0 Å². The molecule has 5 unspecified atom stereocenters. The van der Waals surface area contributed by atoms with Crippen LogP contribution >= 0.6 is 0 Å². The van der Waals surface area contributed by atoms with E-state index < -0.39 is 6.08 Å². The molecule has 0 N–H and O–H groups in total. The summed E-state index contributed by atoms with van der Waals surface area (Å²) in [6, 6.07) is 6.74. The van der Waals surface area contributed by atoms with Gasteiger partial charge in [-0.15, -0.1) is 0 Å². The number of unbranched alkanes of at least 4 members (excludes halogenated alkanes) is 1. The molecule has 1 aromatic rings. The van der Waals surface area contributed by atoms with Crippen LogP contribution in [0.25, 0.3) is 0 Å². The van der Waals surface area contributed by atoms with Crippen LogP contribution in [0, 0.1) is 29.6 Å². The smallest absolute Gasteiger partial charge is 0.266 e. The minimum atomic E-state index is -1.48. The van der Waals surface area contributed by atoms with Crippen molar-refractivity contribution in [3.63, 3.8) is 0 Å². The number of aryl methyl sites for hydroxylation is 1. The summed E-state index contributed by atoms with van der Waals surface area (Å²) in [4.78, 5) is 0. The largest absolute Gasteiger partial charge is 0.494 e. The Morgan fingerprint density at radius 3 is 2.52 bits per heavy atom. The first-order chi connectivity index (χ1) is 14.1. The normalized spacial score (nSPS) is 31.5. The molecule has 0 spiro atoms. The molecule has 3 aliphatic carbocycles. The number of benzene rings is 1. The second kappa shape index (κ2) is 9.62. The molecular formula is C26H36F2O. The molecule has 5 atom stereocenters. The number of allylic oxidation sites excluding steroid dienone is 1. The van der Waals surface area contributed by atoms with Gasteiger partial charge in [-0.25, -0.2) is 0 Å². The van der Waals surface area contributed by atoms with Crippen molar-refractivity contribution in [1.82, 2.24) is 0 Å². The van der Waals surface area contributed by atoms with E-state index in [4.69, 9.17) is 4.74 Å². The Labute approximate surface area is 174 Å². The van der Waals surface area contributed by atoms with E-state index >= 15 is 0 Å². The highest BCUT2D eigenvalue weighted by Crippen LogP contribution is 2.48. The molecule has 1 nitrogen and oxygen atoms in total. The van der Waals surface area contributed by atoms with E-state index in [2.05, 4.69) is 25.1 Å². The molecule has 0 aliphatic heterocycles. The fraction of sp³-hybridized carbons (Fsp3) is 0.692. The van der Waals surface area contributed by atoms with Gasteiger partial charge in [-0.2, -0.15) is 8.78 Å². The Balaban J connectivity index is 1.32. The molecule has 0 saturated heterocycles. The van der Waals surface area contributed by atoms with Crippen molar-refractivity contribution >= 4 is 0 Å². The van der Waals surface area contributed by atoms with Gasteiger partial charge in [0.2, 0.25) is 0 Å². The van der Waals surface area contributed by atoms with Crippen LogP contribution in [0.3, 0.4) is 0 Å². The van der Waals surface area contributed by atoms with Crippen LogP contribution in [0.4, 0.5) is 8.78 Å². The van der Waals surface area contributed by atoms with E-state index in [0.29, 0.717) is 5.92 Å². The Kier molecular flexibility index (Phi) is 6.92. The number of halogens is 2. The van der Waals surface area contributed by atoms with Gasteiger partial charge < -0.3 is 4.74 Å². The van der Waals surface area contributed by atoms with Gasteiger partial charge in [0.05, 0.1) is 6.61 Å². The number of hydrogen-bond acceptors (Lipinski definition) is 1. The third kappa shape index (κ3) is 5.22. The van der Waals surface area contributed by atoms with Crippen molar-refractivity contribution in [2.75, 3.05) is 6.61 Å². The minimum Gasteiger partial charge on any atom is -0.494 e.